The zero-order valence-corrected chi connectivity index (χ0v) is 12.1. The summed E-state index contributed by atoms with van der Waals surface area (Å²) < 4.78 is 0. The summed E-state index contributed by atoms with van der Waals surface area (Å²) in [6.45, 7) is 12.8. The first-order chi connectivity index (χ1) is 8.08. The molecule has 3 nitrogen and oxygen atoms in total. The smallest absolute Gasteiger partial charge is 0.0162 e. The van der Waals surface area contributed by atoms with Crippen LogP contribution in [-0.2, 0) is 0 Å². The Morgan fingerprint density at radius 2 is 1.82 bits per heavy atom. The molecule has 0 spiro atoms. The largest absolute Gasteiger partial charge is 0.304 e. The third-order valence-electron chi connectivity index (χ3n) is 3.42. The first kappa shape index (κ1) is 14.7. The minimum atomic E-state index is 1.09. The van der Waals surface area contributed by atoms with E-state index in [0.717, 1.165) is 6.54 Å². The van der Waals surface area contributed by atoms with Crippen LogP contribution in [0.15, 0.2) is 11.6 Å². The van der Waals surface area contributed by atoms with E-state index in [9.17, 15) is 0 Å². The van der Waals surface area contributed by atoms with Crippen molar-refractivity contribution in [2.24, 2.45) is 0 Å². The highest BCUT2D eigenvalue weighted by Crippen LogP contribution is 2.01. The standard InChI is InChI=1S/C14H29N3/c1-14(2)6-9-15(3)7-5-8-17-12-10-16(4)11-13-17/h6H,5,7-13H2,1-4H3. The Bertz CT molecular complexity index is 226. The van der Waals surface area contributed by atoms with Gasteiger partial charge < -0.3 is 14.7 Å². The molecule has 0 aliphatic carbocycles. The highest BCUT2D eigenvalue weighted by Gasteiger charge is 2.12. The second-order valence-electron chi connectivity index (χ2n) is 5.54. The molecule has 0 amide bonds. The SMILES string of the molecule is CC(C)=CCN(C)CCCN1CCN(C)CC1. The monoisotopic (exact) mass is 239 g/mol. The van der Waals surface area contributed by atoms with E-state index >= 15 is 0 Å². The van der Waals surface area contributed by atoms with Crippen molar-refractivity contribution in [3.8, 4) is 0 Å². The van der Waals surface area contributed by atoms with Crippen molar-refractivity contribution in [3.63, 3.8) is 0 Å². The predicted molar refractivity (Wildman–Crippen MR) is 75.5 cm³/mol. The summed E-state index contributed by atoms with van der Waals surface area (Å²) in [5.41, 5.74) is 1.41. The predicted octanol–water partition coefficient (Wildman–Crippen LogP) is 1.52. The summed E-state index contributed by atoms with van der Waals surface area (Å²) >= 11 is 0. The number of piperazine rings is 1. The Balaban J connectivity index is 2.05. The van der Waals surface area contributed by atoms with Gasteiger partial charge in [-0.1, -0.05) is 11.6 Å². The highest BCUT2D eigenvalue weighted by atomic mass is 15.2. The van der Waals surface area contributed by atoms with Crippen LogP contribution in [0.25, 0.3) is 0 Å². The van der Waals surface area contributed by atoms with Crippen molar-refractivity contribution in [1.29, 1.82) is 0 Å². The van der Waals surface area contributed by atoms with Crippen LogP contribution in [0.1, 0.15) is 20.3 Å². The zero-order chi connectivity index (χ0) is 12.7. The third kappa shape index (κ3) is 6.81. The third-order valence-corrected chi connectivity index (χ3v) is 3.42. The fourth-order valence-corrected chi connectivity index (χ4v) is 2.07. The van der Waals surface area contributed by atoms with E-state index in [4.69, 9.17) is 0 Å². The number of hydrogen-bond acceptors (Lipinski definition) is 3. The average molecular weight is 239 g/mol. The summed E-state index contributed by atoms with van der Waals surface area (Å²) in [6.07, 6.45) is 3.59. The maximum atomic E-state index is 2.59. The van der Waals surface area contributed by atoms with E-state index in [0.29, 0.717) is 0 Å². The maximum absolute atomic E-state index is 2.59. The first-order valence-electron chi connectivity index (χ1n) is 6.80. The summed E-state index contributed by atoms with van der Waals surface area (Å²) in [7, 11) is 4.42. The van der Waals surface area contributed by atoms with Crippen molar-refractivity contribution in [2.75, 3.05) is 59.9 Å². The molecule has 0 atom stereocenters. The van der Waals surface area contributed by atoms with E-state index in [1.165, 1.54) is 51.3 Å². The van der Waals surface area contributed by atoms with E-state index in [-0.39, 0.29) is 0 Å². The molecule has 0 aromatic heterocycles. The Morgan fingerprint density at radius 3 is 2.41 bits per heavy atom. The van der Waals surface area contributed by atoms with Gasteiger partial charge in [0.1, 0.15) is 0 Å². The van der Waals surface area contributed by atoms with Gasteiger partial charge in [0.15, 0.2) is 0 Å². The molecule has 100 valence electrons. The van der Waals surface area contributed by atoms with Gasteiger partial charge in [-0.25, -0.2) is 0 Å². The van der Waals surface area contributed by atoms with Crippen LogP contribution in [0.2, 0.25) is 0 Å². The van der Waals surface area contributed by atoms with Gasteiger partial charge in [0, 0.05) is 32.7 Å². The van der Waals surface area contributed by atoms with Crippen molar-refractivity contribution in [2.45, 2.75) is 20.3 Å². The molecule has 3 heteroatoms. The normalized spacial score (nSPS) is 18.6. The molecule has 0 N–H and O–H groups in total. The Kier molecular flexibility index (Phi) is 6.78. The minimum absolute atomic E-state index is 1.09. The Hall–Kier alpha value is -0.380. The van der Waals surface area contributed by atoms with Crippen LogP contribution < -0.4 is 0 Å². The van der Waals surface area contributed by atoms with E-state index in [2.05, 4.69) is 48.7 Å². The summed E-state index contributed by atoms with van der Waals surface area (Å²) in [5, 5.41) is 0. The molecule has 0 bridgehead atoms. The van der Waals surface area contributed by atoms with Crippen LogP contribution in [0, 0.1) is 0 Å². The van der Waals surface area contributed by atoms with Gasteiger partial charge >= 0.3 is 0 Å². The number of allylic oxidation sites excluding steroid dienone is 1. The Morgan fingerprint density at radius 1 is 1.18 bits per heavy atom. The summed E-state index contributed by atoms with van der Waals surface area (Å²) in [6, 6.07) is 0. The topological polar surface area (TPSA) is 9.72 Å². The van der Waals surface area contributed by atoms with Crippen LogP contribution in [0.4, 0.5) is 0 Å². The maximum Gasteiger partial charge on any atom is 0.0162 e. The zero-order valence-electron chi connectivity index (χ0n) is 12.1. The number of likely N-dealkylation sites (N-methyl/N-ethyl adjacent to an activating group) is 2. The molecule has 1 aliphatic heterocycles. The summed E-state index contributed by atoms with van der Waals surface area (Å²) in [4.78, 5) is 7.41. The van der Waals surface area contributed by atoms with Gasteiger partial charge in [-0.2, -0.15) is 0 Å². The molecule has 0 saturated carbocycles. The Labute approximate surface area is 107 Å². The lowest BCUT2D eigenvalue weighted by atomic mass is 10.3. The fraction of sp³-hybridized carbons (Fsp3) is 0.857. The van der Waals surface area contributed by atoms with Gasteiger partial charge in [0.25, 0.3) is 0 Å². The second kappa shape index (κ2) is 7.85. The van der Waals surface area contributed by atoms with Gasteiger partial charge in [-0.3, -0.25) is 0 Å². The molecule has 0 radical (unpaired) electrons. The number of rotatable bonds is 6. The molecule has 0 aromatic rings. The van der Waals surface area contributed by atoms with Crippen molar-refractivity contribution >= 4 is 0 Å². The quantitative estimate of drug-likeness (QED) is 0.651. The molecular weight excluding hydrogens is 210 g/mol. The molecule has 17 heavy (non-hydrogen) atoms. The van der Waals surface area contributed by atoms with Crippen molar-refractivity contribution < 1.29 is 0 Å². The first-order valence-corrected chi connectivity index (χ1v) is 6.80. The van der Waals surface area contributed by atoms with Crippen molar-refractivity contribution in [1.82, 2.24) is 14.7 Å². The van der Waals surface area contributed by atoms with E-state index in [1.54, 1.807) is 0 Å². The number of nitrogens with zero attached hydrogens (tertiary/aromatic N) is 3. The molecule has 1 fully saturated rings. The van der Waals surface area contributed by atoms with Crippen molar-refractivity contribution in [3.05, 3.63) is 11.6 Å². The van der Waals surface area contributed by atoms with Gasteiger partial charge in [-0.15, -0.1) is 0 Å². The lowest BCUT2D eigenvalue weighted by molar-refractivity contribution is 0.149. The molecule has 0 aromatic carbocycles. The molecule has 1 aliphatic rings. The summed E-state index contributed by atoms with van der Waals surface area (Å²) in [5.74, 6) is 0. The second-order valence-corrected chi connectivity index (χ2v) is 5.54. The van der Waals surface area contributed by atoms with Crippen LogP contribution in [0.3, 0.4) is 0 Å². The lowest BCUT2D eigenvalue weighted by Gasteiger charge is -2.32. The van der Waals surface area contributed by atoms with Gasteiger partial charge in [-0.05, 0) is 47.5 Å². The average Bonchev–Trinajstić information content (AvgIpc) is 2.29. The van der Waals surface area contributed by atoms with Crippen LogP contribution >= 0.6 is 0 Å². The van der Waals surface area contributed by atoms with Crippen LogP contribution in [0.5, 0.6) is 0 Å². The van der Waals surface area contributed by atoms with Crippen LogP contribution in [-0.4, -0.2) is 74.6 Å². The molecule has 1 saturated heterocycles. The molecular formula is C14H29N3. The molecule has 1 heterocycles. The highest BCUT2D eigenvalue weighted by molar-refractivity contribution is 4.94. The fourth-order valence-electron chi connectivity index (χ4n) is 2.07. The molecule has 1 rings (SSSR count). The van der Waals surface area contributed by atoms with Gasteiger partial charge in [0.05, 0.1) is 0 Å². The number of hydrogen-bond donors (Lipinski definition) is 0. The van der Waals surface area contributed by atoms with E-state index < -0.39 is 0 Å². The van der Waals surface area contributed by atoms with E-state index in [1.807, 2.05) is 0 Å². The molecule has 0 unspecified atom stereocenters. The minimum Gasteiger partial charge on any atom is -0.304 e. The van der Waals surface area contributed by atoms with Gasteiger partial charge in [0.2, 0.25) is 0 Å². The lowest BCUT2D eigenvalue weighted by Crippen LogP contribution is -2.45.